The number of hydrogen-bond acceptors (Lipinski definition) is 8. The molecule has 1 fully saturated rings. The van der Waals surface area contributed by atoms with Crippen LogP contribution in [0.4, 0.5) is 4.79 Å². The van der Waals surface area contributed by atoms with E-state index < -0.39 is 12.1 Å². The summed E-state index contributed by atoms with van der Waals surface area (Å²) in [6.07, 6.45) is 2.51. The monoisotopic (exact) mass is 498 g/mol. The first-order valence-electron chi connectivity index (χ1n) is 11.1. The van der Waals surface area contributed by atoms with E-state index in [9.17, 15) is 9.59 Å². The molecule has 1 saturated carbocycles. The zero-order chi connectivity index (χ0) is 26.2. The third-order valence-corrected chi connectivity index (χ3v) is 5.31. The van der Waals surface area contributed by atoms with E-state index in [0.717, 1.165) is 6.26 Å². The van der Waals surface area contributed by atoms with Crippen molar-refractivity contribution in [1.29, 1.82) is 0 Å². The normalized spacial score (nSPS) is 17.0. The molecular formula is C21H26N10O5. The van der Waals surface area contributed by atoms with Crippen molar-refractivity contribution in [1.82, 2.24) is 5.32 Å². The first-order valence-corrected chi connectivity index (χ1v) is 11.1. The highest BCUT2D eigenvalue weighted by molar-refractivity contribution is 6.20. The Morgan fingerprint density at radius 1 is 1.06 bits per heavy atom. The lowest BCUT2D eigenvalue weighted by Crippen LogP contribution is -2.39. The second kappa shape index (κ2) is 15.5. The molecule has 1 aromatic rings. The SMILES string of the molecule is CCOC(=O)O/C=C(/C(=O)NC1CCC(OCN=[N+]=[N-])CC1)c1cc(CN=[N+]=[N-])ccc1CN=[N+]=[N-]. The van der Waals surface area contributed by atoms with E-state index in [1.165, 1.54) is 0 Å². The van der Waals surface area contributed by atoms with Crippen LogP contribution in [0.5, 0.6) is 0 Å². The molecule has 36 heavy (non-hydrogen) atoms. The van der Waals surface area contributed by atoms with Crippen LogP contribution < -0.4 is 5.32 Å². The highest BCUT2D eigenvalue weighted by Crippen LogP contribution is 2.26. The minimum Gasteiger partial charge on any atom is -0.434 e. The molecule has 1 aliphatic carbocycles. The van der Waals surface area contributed by atoms with Crippen molar-refractivity contribution in [3.05, 3.63) is 72.5 Å². The van der Waals surface area contributed by atoms with Crippen LogP contribution in [-0.4, -0.2) is 37.5 Å². The van der Waals surface area contributed by atoms with Crippen LogP contribution in [0.15, 0.2) is 39.8 Å². The molecule has 1 aromatic carbocycles. The number of rotatable bonds is 12. The summed E-state index contributed by atoms with van der Waals surface area (Å²) in [6.45, 7) is 1.62. The smallest absolute Gasteiger partial charge is 0.434 e. The lowest BCUT2D eigenvalue weighted by atomic mass is 9.92. The van der Waals surface area contributed by atoms with Gasteiger partial charge in [0.25, 0.3) is 5.91 Å². The molecule has 0 atom stereocenters. The molecular weight excluding hydrogens is 472 g/mol. The van der Waals surface area contributed by atoms with E-state index in [1.54, 1.807) is 25.1 Å². The van der Waals surface area contributed by atoms with Gasteiger partial charge < -0.3 is 19.5 Å². The van der Waals surface area contributed by atoms with Gasteiger partial charge in [-0.25, -0.2) is 4.79 Å². The summed E-state index contributed by atoms with van der Waals surface area (Å²) in [6, 6.07) is 4.76. The van der Waals surface area contributed by atoms with Crippen LogP contribution in [-0.2, 0) is 32.1 Å². The number of ether oxygens (including phenoxy) is 3. The second-order valence-corrected chi connectivity index (χ2v) is 7.58. The maximum atomic E-state index is 13.3. The van der Waals surface area contributed by atoms with Crippen LogP contribution >= 0.6 is 0 Å². The van der Waals surface area contributed by atoms with Crippen molar-refractivity contribution in [2.75, 3.05) is 13.3 Å². The molecule has 1 aliphatic rings. The van der Waals surface area contributed by atoms with Gasteiger partial charge in [-0.3, -0.25) is 4.79 Å². The van der Waals surface area contributed by atoms with Gasteiger partial charge in [0.2, 0.25) is 0 Å². The Morgan fingerprint density at radius 3 is 2.42 bits per heavy atom. The maximum absolute atomic E-state index is 13.3. The predicted octanol–water partition coefficient (Wildman–Crippen LogP) is 5.53. The highest BCUT2D eigenvalue weighted by Gasteiger charge is 2.25. The molecule has 0 heterocycles. The van der Waals surface area contributed by atoms with Gasteiger partial charge in [-0.15, -0.1) is 0 Å². The van der Waals surface area contributed by atoms with Crippen molar-refractivity contribution < 1.29 is 23.8 Å². The van der Waals surface area contributed by atoms with Gasteiger partial charge in [0, 0.05) is 20.8 Å². The largest absolute Gasteiger partial charge is 0.513 e. The molecule has 1 N–H and O–H groups in total. The van der Waals surface area contributed by atoms with E-state index in [4.69, 9.17) is 30.8 Å². The molecule has 15 heteroatoms. The number of nitrogens with zero attached hydrogens (tertiary/aromatic N) is 9. The number of amides is 1. The summed E-state index contributed by atoms with van der Waals surface area (Å²) in [5, 5.41) is 13.4. The van der Waals surface area contributed by atoms with Gasteiger partial charge in [-0.05, 0) is 65.9 Å². The molecule has 0 spiro atoms. The minimum absolute atomic E-state index is 0.00992. The Bertz CT molecular complexity index is 1100. The Kier molecular flexibility index (Phi) is 12.0. The van der Waals surface area contributed by atoms with Gasteiger partial charge in [0.05, 0.1) is 31.4 Å². The third-order valence-electron chi connectivity index (χ3n) is 5.31. The number of benzene rings is 1. The fourth-order valence-corrected chi connectivity index (χ4v) is 3.63. The Morgan fingerprint density at radius 2 is 1.75 bits per heavy atom. The molecule has 190 valence electrons. The average molecular weight is 499 g/mol. The number of azide groups is 3. The van der Waals surface area contributed by atoms with Crippen molar-refractivity contribution in [3.63, 3.8) is 0 Å². The first kappa shape index (κ1) is 27.8. The molecule has 15 nitrogen and oxygen atoms in total. The van der Waals surface area contributed by atoms with Crippen LogP contribution in [0.25, 0.3) is 36.9 Å². The summed E-state index contributed by atoms with van der Waals surface area (Å²) >= 11 is 0. The molecule has 0 bridgehead atoms. The number of hydrogen-bond donors (Lipinski definition) is 1. The van der Waals surface area contributed by atoms with Crippen molar-refractivity contribution in [3.8, 4) is 0 Å². The van der Waals surface area contributed by atoms with E-state index >= 15 is 0 Å². The van der Waals surface area contributed by atoms with Crippen LogP contribution in [0, 0.1) is 0 Å². The molecule has 0 aliphatic heterocycles. The predicted molar refractivity (Wildman–Crippen MR) is 128 cm³/mol. The van der Waals surface area contributed by atoms with E-state index in [2.05, 4.69) is 35.4 Å². The quantitative estimate of drug-likeness (QED) is 0.0976. The third kappa shape index (κ3) is 9.09. The average Bonchev–Trinajstić information content (AvgIpc) is 2.88. The molecule has 0 radical (unpaired) electrons. The summed E-state index contributed by atoms with van der Waals surface area (Å²) in [7, 11) is 0. The van der Waals surface area contributed by atoms with Crippen molar-refractivity contribution >= 4 is 17.6 Å². The van der Waals surface area contributed by atoms with Crippen molar-refractivity contribution in [2.45, 2.75) is 57.8 Å². The zero-order valence-corrected chi connectivity index (χ0v) is 19.7. The van der Waals surface area contributed by atoms with Gasteiger partial charge in [0.15, 0.2) is 0 Å². The topological polar surface area (TPSA) is 220 Å². The Hall–Kier alpha value is -4.41. The fraction of sp³-hybridized carbons (Fsp3) is 0.524. The first-order chi connectivity index (χ1) is 17.5. The van der Waals surface area contributed by atoms with Crippen LogP contribution in [0.3, 0.4) is 0 Å². The molecule has 0 saturated heterocycles. The van der Waals surface area contributed by atoms with Crippen LogP contribution in [0.1, 0.15) is 49.3 Å². The minimum atomic E-state index is -0.984. The van der Waals surface area contributed by atoms with Gasteiger partial charge >= 0.3 is 6.16 Å². The Balaban J connectivity index is 2.30. The van der Waals surface area contributed by atoms with E-state index in [1.807, 2.05) is 0 Å². The molecule has 0 unspecified atom stereocenters. The van der Waals surface area contributed by atoms with Gasteiger partial charge in [0.1, 0.15) is 13.0 Å². The van der Waals surface area contributed by atoms with Crippen molar-refractivity contribution in [2.24, 2.45) is 15.3 Å². The fourth-order valence-electron chi connectivity index (χ4n) is 3.63. The van der Waals surface area contributed by atoms with Gasteiger partial charge in [-0.2, -0.15) is 0 Å². The number of nitrogens with one attached hydrogen (secondary N) is 1. The van der Waals surface area contributed by atoms with Gasteiger partial charge in [-0.1, -0.05) is 33.5 Å². The lowest BCUT2D eigenvalue weighted by Gasteiger charge is -2.29. The summed E-state index contributed by atoms with van der Waals surface area (Å²) in [5.41, 5.74) is 27.2. The summed E-state index contributed by atoms with van der Waals surface area (Å²) in [5.74, 6) is -0.513. The number of carbonyl (C=O) groups is 2. The number of carbonyl (C=O) groups excluding carboxylic acids is 2. The van der Waals surface area contributed by atoms with E-state index in [-0.39, 0.29) is 44.1 Å². The molecule has 0 aromatic heterocycles. The highest BCUT2D eigenvalue weighted by atomic mass is 16.7. The van der Waals surface area contributed by atoms with Crippen LogP contribution in [0.2, 0.25) is 0 Å². The van der Waals surface area contributed by atoms with E-state index in [0.29, 0.717) is 42.4 Å². The second-order valence-electron chi connectivity index (χ2n) is 7.58. The molecule has 1 amide bonds. The maximum Gasteiger partial charge on any atom is 0.513 e. The molecule has 2 rings (SSSR count). The standard InChI is InChI=1S/C21H26N10O5/c1-2-34-21(33)35-12-19(18-9-14(10-25-29-22)3-4-15(18)11-26-30-23)20(32)28-16-5-7-17(8-6-16)36-13-27-31-24/h3-4,9,12,16-17H,2,5-8,10-11,13H2,1H3,(H,28,32)/b19-12+. The lowest BCUT2D eigenvalue weighted by molar-refractivity contribution is -0.116. The summed E-state index contributed by atoms with van der Waals surface area (Å²) < 4.78 is 15.3. The zero-order valence-electron chi connectivity index (χ0n) is 19.7. The Labute approximate surface area is 206 Å². The summed E-state index contributed by atoms with van der Waals surface area (Å²) in [4.78, 5) is 33.3.